The molecule has 0 atom stereocenters. The molecule has 0 aliphatic rings. The Balaban J connectivity index is 3.11. The number of carbonyl (C=O) groups is 1. The highest BCUT2D eigenvalue weighted by Gasteiger charge is 2.01. The fourth-order valence-electron chi connectivity index (χ4n) is 1.15. The zero-order valence-electron chi connectivity index (χ0n) is 9.06. The van der Waals surface area contributed by atoms with Crippen LogP contribution in [0.3, 0.4) is 0 Å². The van der Waals surface area contributed by atoms with Crippen LogP contribution in [-0.4, -0.2) is 17.9 Å². The van der Waals surface area contributed by atoms with Gasteiger partial charge in [-0.3, -0.25) is 4.79 Å². The molecular formula is C11H21BrO2. The molecule has 0 saturated heterocycles. The Morgan fingerprint density at radius 1 is 1.14 bits per heavy atom. The van der Waals surface area contributed by atoms with Gasteiger partial charge in [-0.2, -0.15) is 0 Å². The maximum atomic E-state index is 11.1. The fourth-order valence-corrected chi connectivity index (χ4v) is 1.55. The summed E-state index contributed by atoms with van der Waals surface area (Å²) in [6, 6.07) is 0. The van der Waals surface area contributed by atoms with Crippen molar-refractivity contribution >= 4 is 21.9 Å². The molecule has 84 valence electrons. The molecule has 0 aromatic rings. The molecule has 0 rings (SSSR count). The lowest BCUT2D eigenvalue weighted by molar-refractivity contribution is -0.143. The zero-order valence-corrected chi connectivity index (χ0v) is 10.6. The van der Waals surface area contributed by atoms with Crippen LogP contribution in [-0.2, 0) is 9.53 Å². The molecule has 0 fully saturated rings. The van der Waals surface area contributed by atoms with Gasteiger partial charge in [-0.25, -0.2) is 0 Å². The van der Waals surface area contributed by atoms with Crippen molar-refractivity contribution in [1.82, 2.24) is 0 Å². The molecule has 0 heterocycles. The summed E-state index contributed by atoms with van der Waals surface area (Å²) in [6.45, 7) is 2.75. The topological polar surface area (TPSA) is 26.3 Å². The second kappa shape index (κ2) is 11.0. The zero-order chi connectivity index (χ0) is 10.6. The molecule has 14 heavy (non-hydrogen) atoms. The third-order valence-corrected chi connectivity index (χ3v) is 2.59. The second-order valence-corrected chi connectivity index (χ2v) is 4.22. The number of rotatable bonds is 9. The maximum absolute atomic E-state index is 11.1. The fraction of sp³-hybridized carbons (Fsp3) is 0.909. The highest BCUT2D eigenvalue weighted by molar-refractivity contribution is 9.09. The van der Waals surface area contributed by atoms with E-state index in [1.165, 1.54) is 12.8 Å². The monoisotopic (exact) mass is 264 g/mol. The van der Waals surface area contributed by atoms with E-state index in [-0.39, 0.29) is 5.97 Å². The predicted octanol–water partition coefficient (Wildman–Crippen LogP) is 3.68. The van der Waals surface area contributed by atoms with Crippen molar-refractivity contribution in [2.75, 3.05) is 11.9 Å². The largest absolute Gasteiger partial charge is 0.466 e. The Hall–Kier alpha value is -0.0500. The minimum absolute atomic E-state index is 0.0318. The van der Waals surface area contributed by atoms with Gasteiger partial charge in [0.2, 0.25) is 0 Å². The molecule has 0 aromatic heterocycles. The highest BCUT2D eigenvalue weighted by Crippen LogP contribution is 2.04. The first-order valence-corrected chi connectivity index (χ1v) is 6.65. The van der Waals surface area contributed by atoms with Crippen LogP contribution in [0.1, 0.15) is 51.9 Å². The molecule has 0 spiro atoms. The molecule has 0 aliphatic carbocycles. The van der Waals surface area contributed by atoms with E-state index < -0.39 is 0 Å². The van der Waals surface area contributed by atoms with Crippen LogP contribution in [0.5, 0.6) is 0 Å². The van der Waals surface area contributed by atoms with Crippen LogP contribution >= 0.6 is 15.9 Å². The number of alkyl halides is 1. The minimum atomic E-state index is -0.0318. The molecule has 3 heteroatoms. The Morgan fingerprint density at radius 3 is 2.57 bits per heavy atom. The van der Waals surface area contributed by atoms with E-state index in [9.17, 15) is 4.79 Å². The summed E-state index contributed by atoms with van der Waals surface area (Å²) in [6.07, 6.45) is 7.18. The quantitative estimate of drug-likeness (QED) is 0.361. The molecule has 0 amide bonds. The van der Waals surface area contributed by atoms with Gasteiger partial charge >= 0.3 is 5.97 Å². The Labute approximate surface area is 95.5 Å². The van der Waals surface area contributed by atoms with Crippen molar-refractivity contribution in [3.05, 3.63) is 0 Å². The molecule has 0 saturated carbocycles. The number of ether oxygens (including phenoxy) is 1. The van der Waals surface area contributed by atoms with Crippen LogP contribution in [0.4, 0.5) is 0 Å². The predicted molar refractivity (Wildman–Crippen MR) is 62.7 cm³/mol. The van der Waals surface area contributed by atoms with Crippen molar-refractivity contribution in [2.45, 2.75) is 51.9 Å². The van der Waals surface area contributed by atoms with E-state index in [0.717, 1.165) is 31.0 Å². The number of unbranched alkanes of at least 4 members (excludes halogenated alkanes) is 4. The minimum Gasteiger partial charge on any atom is -0.466 e. The van der Waals surface area contributed by atoms with Gasteiger partial charge in [0.25, 0.3) is 0 Å². The van der Waals surface area contributed by atoms with Crippen LogP contribution in [0.25, 0.3) is 0 Å². The third-order valence-electron chi connectivity index (χ3n) is 2.03. The SMILES string of the molecule is CCCCCCC(=O)OCCCCBr. The summed E-state index contributed by atoms with van der Waals surface area (Å²) in [5.74, 6) is -0.0318. The van der Waals surface area contributed by atoms with Crippen molar-refractivity contribution in [2.24, 2.45) is 0 Å². The van der Waals surface area contributed by atoms with Crippen molar-refractivity contribution in [3.8, 4) is 0 Å². The van der Waals surface area contributed by atoms with Gasteiger partial charge < -0.3 is 4.74 Å². The van der Waals surface area contributed by atoms with Crippen LogP contribution in [0, 0.1) is 0 Å². The molecular weight excluding hydrogens is 244 g/mol. The lowest BCUT2D eigenvalue weighted by Crippen LogP contribution is -2.05. The summed E-state index contributed by atoms with van der Waals surface area (Å²) >= 11 is 3.34. The first-order chi connectivity index (χ1) is 6.81. The summed E-state index contributed by atoms with van der Waals surface area (Å²) in [5.41, 5.74) is 0. The van der Waals surface area contributed by atoms with Gasteiger partial charge in [-0.1, -0.05) is 42.1 Å². The second-order valence-electron chi connectivity index (χ2n) is 3.43. The molecule has 0 bridgehead atoms. The standard InChI is InChI=1S/C11H21BrO2/c1-2-3-4-5-8-11(13)14-10-7-6-9-12/h2-10H2,1H3. The van der Waals surface area contributed by atoms with E-state index >= 15 is 0 Å². The molecule has 0 aromatic carbocycles. The lowest BCUT2D eigenvalue weighted by Gasteiger charge is -2.03. The van der Waals surface area contributed by atoms with Crippen LogP contribution in [0.2, 0.25) is 0 Å². The normalized spacial score (nSPS) is 10.1. The van der Waals surface area contributed by atoms with Gasteiger partial charge in [-0.15, -0.1) is 0 Å². The number of halogens is 1. The highest BCUT2D eigenvalue weighted by atomic mass is 79.9. The lowest BCUT2D eigenvalue weighted by atomic mass is 10.2. The van der Waals surface area contributed by atoms with E-state index in [1.807, 2.05) is 0 Å². The van der Waals surface area contributed by atoms with Crippen molar-refractivity contribution in [3.63, 3.8) is 0 Å². The van der Waals surface area contributed by atoms with Crippen molar-refractivity contribution in [1.29, 1.82) is 0 Å². The van der Waals surface area contributed by atoms with Gasteiger partial charge in [0, 0.05) is 11.8 Å². The average Bonchev–Trinajstić information content (AvgIpc) is 2.19. The summed E-state index contributed by atoms with van der Waals surface area (Å²) in [5, 5.41) is 0.987. The Kier molecular flexibility index (Phi) is 11.0. The average molecular weight is 265 g/mol. The summed E-state index contributed by atoms with van der Waals surface area (Å²) < 4.78 is 5.06. The first-order valence-electron chi connectivity index (χ1n) is 5.52. The Morgan fingerprint density at radius 2 is 1.93 bits per heavy atom. The smallest absolute Gasteiger partial charge is 0.305 e. The molecule has 0 N–H and O–H groups in total. The third kappa shape index (κ3) is 10.0. The van der Waals surface area contributed by atoms with E-state index in [0.29, 0.717) is 13.0 Å². The molecule has 2 nitrogen and oxygen atoms in total. The number of hydrogen-bond donors (Lipinski definition) is 0. The van der Waals surface area contributed by atoms with Gasteiger partial charge in [0.15, 0.2) is 0 Å². The Bertz CT molecular complexity index is 123. The number of hydrogen-bond acceptors (Lipinski definition) is 2. The van der Waals surface area contributed by atoms with Crippen LogP contribution < -0.4 is 0 Å². The summed E-state index contributed by atoms with van der Waals surface area (Å²) in [4.78, 5) is 11.1. The van der Waals surface area contributed by atoms with E-state index in [4.69, 9.17) is 4.74 Å². The van der Waals surface area contributed by atoms with Gasteiger partial charge in [0.1, 0.15) is 0 Å². The number of carbonyl (C=O) groups excluding carboxylic acids is 1. The molecule has 0 radical (unpaired) electrons. The van der Waals surface area contributed by atoms with Crippen molar-refractivity contribution < 1.29 is 9.53 Å². The molecule has 0 unspecified atom stereocenters. The van der Waals surface area contributed by atoms with E-state index in [1.54, 1.807) is 0 Å². The van der Waals surface area contributed by atoms with Gasteiger partial charge in [-0.05, 0) is 19.3 Å². The van der Waals surface area contributed by atoms with Gasteiger partial charge in [0.05, 0.1) is 6.61 Å². The molecule has 0 aliphatic heterocycles. The van der Waals surface area contributed by atoms with E-state index in [2.05, 4.69) is 22.9 Å². The maximum Gasteiger partial charge on any atom is 0.305 e. The summed E-state index contributed by atoms with van der Waals surface area (Å²) in [7, 11) is 0. The first kappa shape index (κ1) is 13.9. The number of esters is 1. The van der Waals surface area contributed by atoms with Crippen LogP contribution in [0.15, 0.2) is 0 Å².